The fraction of sp³-hybridized carbons (Fsp3) is 0.333. The molecule has 0 radical (unpaired) electrons. The quantitative estimate of drug-likeness (QED) is 0.596. The van der Waals surface area contributed by atoms with Crippen LogP contribution in [-0.4, -0.2) is 51.4 Å². The number of anilines is 1. The first-order valence-corrected chi connectivity index (χ1v) is 10.4. The highest BCUT2D eigenvalue weighted by molar-refractivity contribution is 7.13. The molecule has 3 rings (SSSR count). The Kier molecular flexibility index (Phi) is 6.96. The van der Waals surface area contributed by atoms with Gasteiger partial charge in [-0.05, 0) is 37.6 Å². The van der Waals surface area contributed by atoms with Gasteiger partial charge in [0, 0.05) is 44.6 Å². The molecule has 30 heavy (non-hydrogen) atoms. The summed E-state index contributed by atoms with van der Waals surface area (Å²) in [4.78, 5) is 35.3. The zero-order chi connectivity index (χ0) is 21.7. The first kappa shape index (κ1) is 21.7. The Morgan fingerprint density at radius 2 is 2.00 bits per heavy atom. The van der Waals surface area contributed by atoms with Crippen molar-refractivity contribution in [1.29, 1.82) is 0 Å². The minimum Gasteiger partial charge on any atom is -0.372 e. The van der Waals surface area contributed by atoms with Crippen LogP contribution < -0.4 is 5.32 Å². The summed E-state index contributed by atoms with van der Waals surface area (Å²) in [6.07, 6.45) is 5.19. The first-order valence-electron chi connectivity index (χ1n) is 9.51. The molecule has 2 amide bonds. The van der Waals surface area contributed by atoms with Gasteiger partial charge in [-0.1, -0.05) is 0 Å². The average molecular weight is 428 g/mol. The van der Waals surface area contributed by atoms with Crippen molar-refractivity contribution in [3.8, 4) is 0 Å². The lowest BCUT2D eigenvalue weighted by Crippen LogP contribution is -2.21. The number of hydrogen-bond donors (Lipinski definition) is 1. The Balaban J connectivity index is 1.82. The third kappa shape index (κ3) is 5.52. The van der Waals surface area contributed by atoms with Gasteiger partial charge in [-0.3, -0.25) is 19.9 Å². The topological polar surface area (TPSA) is 89.4 Å². The molecule has 3 aromatic rings. The summed E-state index contributed by atoms with van der Waals surface area (Å²) in [5.41, 5.74) is 2.57. The van der Waals surface area contributed by atoms with Crippen LogP contribution in [0.15, 0.2) is 42.2 Å². The summed E-state index contributed by atoms with van der Waals surface area (Å²) in [6, 6.07) is 5.35. The van der Waals surface area contributed by atoms with Crippen LogP contribution in [0.2, 0.25) is 0 Å². The second-order valence-electron chi connectivity index (χ2n) is 7.25. The molecule has 0 aliphatic rings. The molecule has 3 aromatic heterocycles. The second-order valence-corrected chi connectivity index (χ2v) is 8.11. The van der Waals surface area contributed by atoms with Crippen molar-refractivity contribution in [3.05, 3.63) is 64.7 Å². The van der Waals surface area contributed by atoms with Crippen molar-refractivity contribution in [1.82, 2.24) is 19.4 Å². The van der Waals surface area contributed by atoms with E-state index < -0.39 is 0 Å². The average Bonchev–Trinajstić information content (AvgIpc) is 3.33. The molecule has 0 aromatic carbocycles. The molecule has 158 valence electrons. The molecule has 0 atom stereocenters. The molecule has 3 heterocycles. The van der Waals surface area contributed by atoms with Crippen LogP contribution in [0.3, 0.4) is 0 Å². The minimum absolute atomic E-state index is 0.105. The molecule has 8 nitrogen and oxygen atoms in total. The maximum Gasteiger partial charge on any atom is 0.274 e. The zero-order valence-electron chi connectivity index (χ0n) is 17.5. The highest BCUT2D eigenvalue weighted by Gasteiger charge is 2.20. The van der Waals surface area contributed by atoms with E-state index in [1.807, 2.05) is 31.4 Å². The monoisotopic (exact) mass is 427 g/mol. The molecule has 9 heteroatoms. The number of carbonyl (C=O) groups is 2. The van der Waals surface area contributed by atoms with Gasteiger partial charge in [-0.2, -0.15) is 0 Å². The normalized spacial score (nSPS) is 11.0. The van der Waals surface area contributed by atoms with Crippen molar-refractivity contribution < 1.29 is 14.3 Å². The third-order valence-electron chi connectivity index (χ3n) is 4.22. The molecular weight excluding hydrogens is 402 g/mol. The first-order chi connectivity index (χ1) is 14.3. The lowest BCUT2D eigenvalue weighted by molar-refractivity contribution is 0.0639. The van der Waals surface area contributed by atoms with Gasteiger partial charge >= 0.3 is 0 Å². The Morgan fingerprint density at radius 3 is 2.67 bits per heavy atom. The van der Waals surface area contributed by atoms with E-state index >= 15 is 0 Å². The standard InChI is InChI=1S/C21H25N5O3S/c1-14(2)29-12-17-13-30-21(23-17)24-19(27)18-9-16(20(28)25(3)4)11-26(18)10-15-5-7-22-8-6-15/h5-9,11,13-14H,10,12H2,1-4H3,(H,23,24,27). The summed E-state index contributed by atoms with van der Waals surface area (Å²) < 4.78 is 7.31. The highest BCUT2D eigenvalue weighted by atomic mass is 32.1. The number of pyridine rings is 1. The van der Waals surface area contributed by atoms with E-state index in [4.69, 9.17) is 4.74 Å². The predicted octanol–water partition coefficient (Wildman–Crippen LogP) is 3.27. The highest BCUT2D eigenvalue weighted by Crippen LogP contribution is 2.19. The molecule has 0 spiro atoms. The maximum atomic E-state index is 13.0. The minimum atomic E-state index is -0.326. The van der Waals surface area contributed by atoms with Crippen molar-refractivity contribution in [2.45, 2.75) is 33.1 Å². The van der Waals surface area contributed by atoms with Gasteiger partial charge in [0.2, 0.25) is 0 Å². The Morgan fingerprint density at radius 1 is 1.27 bits per heavy atom. The summed E-state index contributed by atoms with van der Waals surface area (Å²) >= 11 is 1.34. The molecule has 0 saturated heterocycles. The number of amides is 2. The number of nitrogens with one attached hydrogen (secondary N) is 1. The van der Waals surface area contributed by atoms with E-state index in [0.717, 1.165) is 11.3 Å². The van der Waals surface area contributed by atoms with E-state index in [-0.39, 0.29) is 17.9 Å². The Bertz CT molecular complexity index is 1010. The van der Waals surface area contributed by atoms with Gasteiger partial charge in [-0.25, -0.2) is 4.98 Å². The van der Waals surface area contributed by atoms with Gasteiger partial charge < -0.3 is 14.2 Å². The molecule has 0 saturated carbocycles. The van der Waals surface area contributed by atoms with Crippen LogP contribution in [0.5, 0.6) is 0 Å². The molecule has 0 aliphatic heterocycles. The van der Waals surface area contributed by atoms with Crippen molar-refractivity contribution in [2.24, 2.45) is 0 Å². The number of aromatic nitrogens is 3. The van der Waals surface area contributed by atoms with Gasteiger partial charge in [0.1, 0.15) is 5.69 Å². The van der Waals surface area contributed by atoms with Crippen LogP contribution in [0.25, 0.3) is 0 Å². The molecule has 0 bridgehead atoms. The fourth-order valence-electron chi connectivity index (χ4n) is 2.74. The fourth-order valence-corrected chi connectivity index (χ4v) is 3.43. The molecule has 0 aliphatic carbocycles. The van der Waals surface area contributed by atoms with E-state index in [2.05, 4.69) is 15.3 Å². The summed E-state index contributed by atoms with van der Waals surface area (Å²) in [5, 5.41) is 5.17. The zero-order valence-corrected chi connectivity index (χ0v) is 18.3. The number of hydrogen-bond acceptors (Lipinski definition) is 6. The van der Waals surface area contributed by atoms with E-state index in [1.54, 1.807) is 43.3 Å². The Hall–Kier alpha value is -3.04. The summed E-state index contributed by atoms with van der Waals surface area (Å²) in [6.45, 7) is 4.75. The largest absolute Gasteiger partial charge is 0.372 e. The summed E-state index contributed by atoms with van der Waals surface area (Å²) in [5.74, 6) is -0.493. The smallest absolute Gasteiger partial charge is 0.274 e. The maximum absolute atomic E-state index is 13.0. The molecule has 0 fully saturated rings. The second kappa shape index (κ2) is 9.64. The number of thiazole rings is 1. The van der Waals surface area contributed by atoms with Crippen LogP contribution >= 0.6 is 11.3 Å². The van der Waals surface area contributed by atoms with Crippen molar-refractivity contribution in [2.75, 3.05) is 19.4 Å². The third-order valence-corrected chi connectivity index (χ3v) is 5.03. The predicted molar refractivity (Wildman–Crippen MR) is 116 cm³/mol. The van der Waals surface area contributed by atoms with Crippen LogP contribution in [0.4, 0.5) is 5.13 Å². The van der Waals surface area contributed by atoms with Gasteiger partial charge in [0.05, 0.1) is 24.0 Å². The van der Waals surface area contributed by atoms with Crippen molar-refractivity contribution in [3.63, 3.8) is 0 Å². The van der Waals surface area contributed by atoms with Gasteiger partial charge in [0.25, 0.3) is 11.8 Å². The Labute approximate surface area is 179 Å². The summed E-state index contributed by atoms with van der Waals surface area (Å²) in [7, 11) is 3.36. The number of ether oxygens (including phenoxy) is 1. The number of nitrogens with zero attached hydrogens (tertiary/aromatic N) is 4. The molecular formula is C21H25N5O3S. The van der Waals surface area contributed by atoms with E-state index in [0.29, 0.717) is 29.5 Å². The SMILES string of the molecule is CC(C)OCc1csc(NC(=O)c2cc(C(=O)N(C)C)cn2Cc2ccncc2)n1. The van der Waals surface area contributed by atoms with Gasteiger partial charge in [0.15, 0.2) is 5.13 Å². The van der Waals surface area contributed by atoms with Crippen LogP contribution in [-0.2, 0) is 17.9 Å². The lowest BCUT2D eigenvalue weighted by atomic mass is 10.2. The van der Waals surface area contributed by atoms with Crippen molar-refractivity contribution >= 4 is 28.3 Å². The number of carbonyl (C=O) groups excluding carboxylic acids is 2. The van der Waals surface area contributed by atoms with Crippen LogP contribution in [0.1, 0.15) is 46.0 Å². The molecule has 1 N–H and O–H groups in total. The lowest BCUT2D eigenvalue weighted by Gasteiger charge is -2.09. The van der Waals surface area contributed by atoms with Gasteiger partial charge in [-0.15, -0.1) is 11.3 Å². The number of rotatable bonds is 8. The van der Waals surface area contributed by atoms with E-state index in [9.17, 15) is 9.59 Å². The van der Waals surface area contributed by atoms with Crippen LogP contribution in [0, 0.1) is 0 Å². The van der Waals surface area contributed by atoms with E-state index in [1.165, 1.54) is 16.2 Å². The molecule has 0 unspecified atom stereocenters.